The molecule has 0 aliphatic heterocycles. The van der Waals surface area contributed by atoms with Crippen molar-refractivity contribution >= 4 is 17.1 Å². The minimum Gasteiger partial charge on any atom is -0.297 e. The molecule has 0 amide bonds. The van der Waals surface area contributed by atoms with Crippen LogP contribution in [-0.2, 0) is 10.2 Å². The Labute approximate surface area is 127 Å². The maximum atomic E-state index is 13.0. The Bertz CT molecular complexity index is 698. The Morgan fingerprint density at radius 2 is 2.00 bits per heavy atom. The van der Waals surface area contributed by atoms with Crippen molar-refractivity contribution in [3.8, 4) is 6.07 Å². The summed E-state index contributed by atoms with van der Waals surface area (Å²) in [6, 6.07) is 7.84. The van der Waals surface area contributed by atoms with Crippen LogP contribution < -0.4 is 0 Å². The van der Waals surface area contributed by atoms with Crippen LogP contribution in [0.25, 0.3) is 0 Å². The molecule has 0 spiro atoms. The van der Waals surface area contributed by atoms with Gasteiger partial charge in [0.25, 0.3) is 0 Å². The third-order valence-corrected chi connectivity index (χ3v) is 4.48. The molecule has 0 aliphatic carbocycles. The summed E-state index contributed by atoms with van der Waals surface area (Å²) in [5.74, 6) is -1.48. The van der Waals surface area contributed by atoms with E-state index < -0.39 is 11.3 Å². The molecule has 0 radical (unpaired) electrons. The molecule has 1 heterocycles. The van der Waals surface area contributed by atoms with E-state index in [0.29, 0.717) is 10.6 Å². The van der Waals surface area contributed by atoms with Crippen molar-refractivity contribution in [1.82, 2.24) is 4.98 Å². The third-order valence-electron chi connectivity index (χ3n) is 3.46. The minimum atomic E-state index is -0.899. The second kappa shape index (κ2) is 5.74. The van der Waals surface area contributed by atoms with Gasteiger partial charge in [-0.2, -0.15) is 5.26 Å². The Morgan fingerprint density at radius 3 is 2.48 bits per heavy atom. The molecule has 5 heteroatoms. The number of rotatable bonds is 4. The van der Waals surface area contributed by atoms with Crippen molar-refractivity contribution in [2.45, 2.75) is 32.1 Å². The van der Waals surface area contributed by atoms with E-state index in [4.69, 9.17) is 0 Å². The van der Waals surface area contributed by atoms with Crippen LogP contribution in [0.5, 0.6) is 0 Å². The zero-order valence-corrected chi connectivity index (χ0v) is 12.9. The van der Waals surface area contributed by atoms with E-state index in [9.17, 15) is 14.4 Å². The fraction of sp³-hybridized carbons (Fsp3) is 0.312. The monoisotopic (exact) mass is 302 g/mol. The van der Waals surface area contributed by atoms with Gasteiger partial charge in [-0.1, -0.05) is 12.1 Å². The van der Waals surface area contributed by atoms with Crippen LogP contribution in [0, 0.1) is 24.1 Å². The molecular weight excluding hydrogens is 287 g/mol. The first-order chi connectivity index (χ1) is 9.86. The number of hydrogen-bond acceptors (Lipinski definition) is 4. The molecule has 21 heavy (non-hydrogen) atoms. The van der Waals surface area contributed by atoms with Crippen LogP contribution >= 0.6 is 11.3 Å². The number of nitriles is 1. The highest BCUT2D eigenvalue weighted by molar-refractivity contribution is 7.09. The van der Waals surface area contributed by atoms with Gasteiger partial charge in [0.1, 0.15) is 10.8 Å². The van der Waals surface area contributed by atoms with Crippen molar-refractivity contribution in [2.75, 3.05) is 0 Å². The number of aryl methyl sites for hydroxylation is 1. The summed E-state index contributed by atoms with van der Waals surface area (Å²) in [6.07, 6.45) is 0. The summed E-state index contributed by atoms with van der Waals surface area (Å²) in [5.41, 5.74) is 0.596. The normalized spacial score (nSPS) is 12.7. The van der Waals surface area contributed by atoms with E-state index >= 15 is 0 Å². The van der Waals surface area contributed by atoms with Gasteiger partial charge in [-0.3, -0.25) is 4.79 Å². The molecule has 108 valence electrons. The Balaban J connectivity index is 2.36. The average Bonchev–Trinajstić information content (AvgIpc) is 2.86. The summed E-state index contributed by atoms with van der Waals surface area (Å²) in [4.78, 5) is 17.0. The van der Waals surface area contributed by atoms with Crippen molar-refractivity contribution < 1.29 is 9.18 Å². The molecule has 3 nitrogen and oxygen atoms in total. The van der Waals surface area contributed by atoms with Crippen LogP contribution in [0.15, 0.2) is 29.6 Å². The molecule has 0 bridgehead atoms. The van der Waals surface area contributed by atoms with Crippen LogP contribution in [0.4, 0.5) is 4.39 Å². The molecule has 0 aliphatic rings. The molecular formula is C16H15FN2OS. The number of benzene rings is 1. The Kier molecular flexibility index (Phi) is 4.19. The first-order valence-corrected chi connectivity index (χ1v) is 7.36. The molecule has 0 N–H and O–H groups in total. The van der Waals surface area contributed by atoms with Gasteiger partial charge in [-0.25, -0.2) is 9.37 Å². The number of Topliss-reactive ketones (excluding diaryl/α,β-unsaturated/α-hetero) is 1. The molecule has 1 aromatic heterocycles. The van der Waals surface area contributed by atoms with Gasteiger partial charge in [0.15, 0.2) is 11.7 Å². The molecule has 2 aromatic rings. The summed E-state index contributed by atoms with van der Waals surface area (Å²) in [6.45, 7) is 5.31. The zero-order chi connectivity index (χ0) is 15.6. The lowest BCUT2D eigenvalue weighted by molar-refractivity contribution is -0.123. The van der Waals surface area contributed by atoms with Crippen LogP contribution in [0.3, 0.4) is 0 Å². The van der Waals surface area contributed by atoms with Gasteiger partial charge in [-0.05, 0) is 38.5 Å². The van der Waals surface area contributed by atoms with Gasteiger partial charge < -0.3 is 0 Å². The summed E-state index contributed by atoms with van der Waals surface area (Å²) >= 11 is 1.31. The molecule has 2 rings (SSSR count). The van der Waals surface area contributed by atoms with Crippen LogP contribution in [-0.4, -0.2) is 10.8 Å². The lowest BCUT2D eigenvalue weighted by Crippen LogP contribution is -2.33. The minimum absolute atomic E-state index is 0.231. The maximum Gasteiger partial charge on any atom is 0.166 e. The molecule has 1 atom stereocenters. The molecule has 0 fully saturated rings. The largest absolute Gasteiger partial charge is 0.297 e. The number of carbonyl (C=O) groups excluding carboxylic acids is 1. The maximum absolute atomic E-state index is 13.0. The standard InChI is InChI=1S/C16H15FN2OS/c1-10-9-21-15(19-10)13(8-18)14(20)16(2,3)11-4-6-12(17)7-5-11/h4-7,9,13H,1-3H3/t13-/m1/s1. The lowest BCUT2D eigenvalue weighted by Gasteiger charge is -2.25. The topological polar surface area (TPSA) is 53.8 Å². The number of ketones is 1. The van der Waals surface area contributed by atoms with Crippen LogP contribution in [0.1, 0.15) is 36.0 Å². The van der Waals surface area contributed by atoms with E-state index in [1.165, 1.54) is 23.5 Å². The molecule has 1 aromatic carbocycles. The van der Waals surface area contributed by atoms with Crippen molar-refractivity contribution in [3.63, 3.8) is 0 Å². The lowest BCUT2D eigenvalue weighted by atomic mass is 9.76. The fourth-order valence-corrected chi connectivity index (χ4v) is 2.94. The first kappa shape index (κ1) is 15.3. The molecule has 0 saturated carbocycles. The Hall–Kier alpha value is -2.06. The smallest absolute Gasteiger partial charge is 0.166 e. The Morgan fingerprint density at radius 1 is 1.38 bits per heavy atom. The van der Waals surface area contributed by atoms with E-state index in [-0.39, 0.29) is 11.6 Å². The van der Waals surface area contributed by atoms with Gasteiger partial charge in [-0.15, -0.1) is 11.3 Å². The second-order valence-corrected chi connectivity index (χ2v) is 6.28. The van der Waals surface area contributed by atoms with Gasteiger partial charge in [0, 0.05) is 11.1 Å². The van der Waals surface area contributed by atoms with E-state index in [0.717, 1.165) is 5.69 Å². The van der Waals surface area contributed by atoms with Crippen molar-refractivity contribution in [2.24, 2.45) is 0 Å². The third kappa shape index (κ3) is 3.01. The van der Waals surface area contributed by atoms with Gasteiger partial charge in [0.05, 0.1) is 11.5 Å². The number of halogens is 1. The second-order valence-electron chi connectivity index (χ2n) is 5.39. The highest BCUT2D eigenvalue weighted by atomic mass is 32.1. The predicted octanol–water partition coefficient (Wildman–Crippen LogP) is 3.74. The highest BCUT2D eigenvalue weighted by Gasteiger charge is 2.37. The number of nitrogens with zero attached hydrogens (tertiary/aromatic N) is 2. The van der Waals surface area contributed by atoms with E-state index in [1.54, 1.807) is 26.0 Å². The number of aromatic nitrogens is 1. The number of thiazole rings is 1. The SMILES string of the molecule is Cc1csc([C@H](C#N)C(=O)C(C)(C)c2ccc(F)cc2)n1. The fourth-order valence-electron chi connectivity index (χ4n) is 2.10. The van der Waals surface area contributed by atoms with Crippen LogP contribution in [0.2, 0.25) is 0 Å². The molecule has 0 saturated heterocycles. The average molecular weight is 302 g/mol. The number of hydrogen-bond donors (Lipinski definition) is 0. The summed E-state index contributed by atoms with van der Waals surface area (Å²) in [7, 11) is 0. The van der Waals surface area contributed by atoms with E-state index in [1.807, 2.05) is 18.4 Å². The predicted molar refractivity (Wildman–Crippen MR) is 79.6 cm³/mol. The van der Waals surface area contributed by atoms with Gasteiger partial charge >= 0.3 is 0 Å². The van der Waals surface area contributed by atoms with Crippen molar-refractivity contribution in [1.29, 1.82) is 5.26 Å². The summed E-state index contributed by atoms with van der Waals surface area (Å²) in [5, 5.41) is 11.7. The van der Waals surface area contributed by atoms with E-state index in [2.05, 4.69) is 4.98 Å². The highest BCUT2D eigenvalue weighted by Crippen LogP contribution is 2.32. The van der Waals surface area contributed by atoms with Crippen molar-refractivity contribution in [3.05, 3.63) is 51.7 Å². The number of carbonyl (C=O) groups is 1. The first-order valence-electron chi connectivity index (χ1n) is 6.48. The quantitative estimate of drug-likeness (QED) is 0.864. The van der Waals surface area contributed by atoms with Gasteiger partial charge in [0.2, 0.25) is 0 Å². The summed E-state index contributed by atoms with van der Waals surface area (Å²) < 4.78 is 13.0. The zero-order valence-electron chi connectivity index (χ0n) is 12.1. The molecule has 0 unspecified atom stereocenters.